The molecule has 0 amide bonds. The maximum Gasteiger partial charge on any atom is 0.309 e. The van der Waals surface area contributed by atoms with Gasteiger partial charge in [-0.15, -0.1) is 24.0 Å². The molecule has 0 radical (unpaired) electrons. The van der Waals surface area contributed by atoms with Crippen LogP contribution in [0, 0.1) is 12.8 Å². The van der Waals surface area contributed by atoms with Gasteiger partial charge in [0.05, 0.1) is 18.6 Å². The maximum absolute atomic E-state index is 12.0. The van der Waals surface area contributed by atoms with Crippen molar-refractivity contribution in [3.8, 4) is 0 Å². The van der Waals surface area contributed by atoms with Crippen molar-refractivity contribution in [3.05, 3.63) is 23.7 Å². The zero-order valence-electron chi connectivity index (χ0n) is 17.9. The predicted molar refractivity (Wildman–Crippen MR) is 125 cm³/mol. The molecule has 2 aliphatic rings. The molecule has 2 saturated heterocycles. The van der Waals surface area contributed by atoms with Crippen molar-refractivity contribution >= 4 is 35.9 Å². The lowest BCUT2D eigenvalue weighted by Crippen LogP contribution is -2.48. The predicted octanol–water partition coefficient (Wildman–Crippen LogP) is 3.19. The molecule has 164 valence electrons. The minimum Gasteiger partial charge on any atom is -0.466 e. The summed E-state index contributed by atoms with van der Waals surface area (Å²) in [7, 11) is 1.82. The van der Waals surface area contributed by atoms with Gasteiger partial charge in [-0.1, -0.05) is 0 Å². The third-order valence-electron chi connectivity index (χ3n) is 5.75. The van der Waals surface area contributed by atoms with Crippen LogP contribution in [-0.4, -0.2) is 68.1 Å². The van der Waals surface area contributed by atoms with E-state index in [0.717, 1.165) is 63.0 Å². The van der Waals surface area contributed by atoms with Crippen molar-refractivity contribution < 1.29 is 13.9 Å². The number of furan rings is 1. The Morgan fingerprint density at radius 2 is 1.97 bits per heavy atom. The fraction of sp³-hybridized carbons (Fsp3) is 0.714. The van der Waals surface area contributed by atoms with Crippen LogP contribution in [0.15, 0.2) is 21.5 Å². The molecule has 8 heteroatoms. The summed E-state index contributed by atoms with van der Waals surface area (Å²) in [6, 6.07) is 4.34. The van der Waals surface area contributed by atoms with E-state index in [1.807, 2.05) is 27.0 Å². The van der Waals surface area contributed by atoms with Crippen molar-refractivity contribution in [1.29, 1.82) is 0 Å². The van der Waals surface area contributed by atoms with Gasteiger partial charge in [-0.25, -0.2) is 0 Å². The van der Waals surface area contributed by atoms with E-state index in [9.17, 15) is 4.79 Å². The number of aliphatic imine (C=N–C) groups is 1. The second-order valence-electron chi connectivity index (χ2n) is 7.65. The Hall–Kier alpha value is -1.29. The maximum atomic E-state index is 12.0. The first-order valence-electron chi connectivity index (χ1n) is 10.5. The Balaban J connectivity index is 0.00000300. The number of carbonyl (C=O) groups is 1. The molecule has 0 spiro atoms. The number of likely N-dealkylation sites (tertiary alicyclic amines) is 2. The first-order valence-corrected chi connectivity index (χ1v) is 10.5. The van der Waals surface area contributed by atoms with Crippen LogP contribution in [0.2, 0.25) is 0 Å². The van der Waals surface area contributed by atoms with Crippen molar-refractivity contribution in [2.24, 2.45) is 10.9 Å². The van der Waals surface area contributed by atoms with Crippen LogP contribution in [0.1, 0.15) is 50.2 Å². The summed E-state index contributed by atoms with van der Waals surface area (Å²) >= 11 is 0. The normalized spacial score (nSPS) is 19.7. The number of carbonyl (C=O) groups excluding carboxylic acids is 1. The first-order chi connectivity index (χ1) is 13.6. The third-order valence-corrected chi connectivity index (χ3v) is 5.75. The quantitative estimate of drug-likeness (QED) is 0.270. The highest BCUT2D eigenvalue weighted by Gasteiger charge is 2.29. The number of hydrogen-bond donors (Lipinski definition) is 1. The number of nitrogens with one attached hydrogen (secondary N) is 1. The Morgan fingerprint density at radius 3 is 2.52 bits per heavy atom. The summed E-state index contributed by atoms with van der Waals surface area (Å²) in [5, 5.41) is 3.55. The van der Waals surface area contributed by atoms with Crippen LogP contribution >= 0.6 is 24.0 Å². The van der Waals surface area contributed by atoms with Gasteiger partial charge >= 0.3 is 5.97 Å². The number of esters is 1. The van der Waals surface area contributed by atoms with Gasteiger partial charge in [-0.05, 0) is 64.8 Å². The van der Waals surface area contributed by atoms with Gasteiger partial charge in [-0.3, -0.25) is 14.7 Å². The zero-order chi connectivity index (χ0) is 19.9. The van der Waals surface area contributed by atoms with Crippen LogP contribution in [-0.2, 0) is 9.53 Å². The zero-order valence-corrected chi connectivity index (χ0v) is 20.2. The van der Waals surface area contributed by atoms with Gasteiger partial charge in [-0.2, -0.15) is 0 Å². The molecule has 3 rings (SSSR count). The molecule has 1 unspecified atom stereocenters. The molecule has 3 heterocycles. The number of rotatable bonds is 6. The molecule has 0 saturated carbocycles. The van der Waals surface area contributed by atoms with Crippen molar-refractivity contribution in [1.82, 2.24) is 15.1 Å². The fourth-order valence-electron chi connectivity index (χ4n) is 4.20. The molecular formula is C21H35IN4O3. The number of ether oxygens (including phenoxy) is 1. The van der Waals surface area contributed by atoms with E-state index in [4.69, 9.17) is 9.15 Å². The highest BCUT2D eigenvalue weighted by atomic mass is 127. The second kappa shape index (κ2) is 11.8. The van der Waals surface area contributed by atoms with E-state index in [0.29, 0.717) is 6.61 Å². The SMILES string of the molecule is CCOC(=O)C1CCN(C(=NC)NCC(c2ccc(C)o2)N2CCCC2)CC1.I. The lowest BCUT2D eigenvalue weighted by molar-refractivity contribution is -0.149. The van der Waals surface area contributed by atoms with Crippen LogP contribution < -0.4 is 5.32 Å². The number of guanidine groups is 1. The molecule has 1 N–H and O–H groups in total. The van der Waals surface area contributed by atoms with Gasteiger partial charge in [0.25, 0.3) is 0 Å². The molecule has 1 aromatic heterocycles. The monoisotopic (exact) mass is 518 g/mol. The molecule has 0 bridgehead atoms. The third kappa shape index (κ3) is 6.34. The topological polar surface area (TPSA) is 70.3 Å². The highest BCUT2D eigenvalue weighted by molar-refractivity contribution is 14.0. The molecule has 2 aliphatic heterocycles. The van der Waals surface area contributed by atoms with Gasteiger partial charge in [0.2, 0.25) is 0 Å². The van der Waals surface area contributed by atoms with Gasteiger partial charge in [0, 0.05) is 26.7 Å². The Labute approximate surface area is 191 Å². The van der Waals surface area contributed by atoms with E-state index in [1.54, 1.807) is 0 Å². The number of aryl methyl sites for hydroxylation is 1. The van der Waals surface area contributed by atoms with E-state index in [1.165, 1.54) is 12.8 Å². The van der Waals surface area contributed by atoms with E-state index >= 15 is 0 Å². The van der Waals surface area contributed by atoms with Crippen LogP contribution in [0.5, 0.6) is 0 Å². The Kier molecular flexibility index (Phi) is 9.74. The average Bonchev–Trinajstić information content (AvgIpc) is 3.38. The van der Waals surface area contributed by atoms with Crippen LogP contribution in [0.3, 0.4) is 0 Å². The Bertz CT molecular complexity index is 665. The highest BCUT2D eigenvalue weighted by Crippen LogP contribution is 2.26. The molecule has 29 heavy (non-hydrogen) atoms. The standard InChI is InChI=1S/C21H34N4O3.HI/c1-4-27-20(26)17-9-13-25(14-10-17)21(22-3)23-15-18(24-11-5-6-12-24)19-8-7-16(2)28-19;/h7-8,17-18H,4-6,9-15H2,1-3H3,(H,22,23);1H. The van der Waals surface area contributed by atoms with E-state index in [2.05, 4.69) is 26.2 Å². The minimum absolute atomic E-state index is 0. The largest absolute Gasteiger partial charge is 0.466 e. The summed E-state index contributed by atoms with van der Waals surface area (Å²) in [4.78, 5) is 21.2. The first kappa shape index (κ1) is 24.0. The molecule has 1 atom stereocenters. The summed E-state index contributed by atoms with van der Waals surface area (Å²) in [5.41, 5.74) is 0. The van der Waals surface area contributed by atoms with Crippen LogP contribution in [0.25, 0.3) is 0 Å². The number of hydrogen-bond acceptors (Lipinski definition) is 5. The van der Waals surface area contributed by atoms with Gasteiger partial charge in [0.1, 0.15) is 11.5 Å². The second-order valence-corrected chi connectivity index (χ2v) is 7.65. The van der Waals surface area contributed by atoms with Crippen LogP contribution in [0.4, 0.5) is 0 Å². The molecule has 7 nitrogen and oxygen atoms in total. The van der Waals surface area contributed by atoms with E-state index < -0.39 is 0 Å². The molecule has 1 aromatic rings. The smallest absolute Gasteiger partial charge is 0.309 e. The molecular weight excluding hydrogens is 483 g/mol. The molecule has 0 aliphatic carbocycles. The summed E-state index contributed by atoms with van der Waals surface area (Å²) in [5.74, 6) is 2.81. The minimum atomic E-state index is -0.0626. The van der Waals surface area contributed by atoms with Crippen molar-refractivity contribution in [2.45, 2.75) is 45.6 Å². The Morgan fingerprint density at radius 1 is 1.28 bits per heavy atom. The fourth-order valence-corrected chi connectivity index (χ4v) is 4.20. The summed E-state index contributed by atoms with van der Waals surface area (Å²) in [6.07, 6.45) is 4.11. The lowest BCUT2D eigenvalue weighted by atomic mass is 9.97. The number of halogens is 1. The van der Waals surface area contributed by atoms with E-state index in [-0.39, 0.29) is 41.9 Å². The summed E-state index contributed by atoms with van der Waals surface area (Å²) < 4.78 is 11.1. The van der Waals surface area contributed by atoms with Gasteiger partial charge < -0.3 is 19.4 Å². The lowest BCUT2D eigenvalue weighted by Gasteiger charge is -2.34. The van der Waals surface area contributed by atoms with Crippen molar-refractivity contribution in [3.63, 3.8) is 0 Å². The van der Waals surface area contributed by atoms with Gasteiger partial charge in [0.15, 0.2) is 5.96 Å². The molecule has 2 fully saturated rings. The summed E-state index contributed by atoms with van der Waals surface area (Å²) in [6.45, 7) is 8.91. The number of piperidine rings is 1. The average molecular weight is 518 g/mol. The number of nitrogens with zero attached hydrogens (tertiary/aromatic N) is 3. The van der Waals surface area contributed by atoms with Crippen molar-refractivity contribution in [2.75, 3.05) is 46.4 Å². The molecule has 0 aromatic carbocycles.